The maximum atomic E-state index is 13.0. The fraction of sp³-hybridized carbons (Fsp3) is 0.0690. The SMILES string of the molecule is COc1cc(C(=O)Nc2cccc(N3C(=O)c4ccccc4C3=O)c2)ccc1OCc1ccc(Cl)cc1. The third-order valence-electron chi connectivity index (χ3n) is 5.89. The van der Waals surface area contributed by atoms with E-state index in [0.29, 0.717) is 51.2 Å². The van der Waals surface area contributed by atoms with Gasteiger partial charge in [-0.3, -0.25) is 14.4 Å². The van der Waals surface area contributed by atoms with Gasteiger partial charge in [-0.15, -0.1) is 0 Å². The molecule has 0 saturated heterocycles. The maximum absolute atomic E-state index is 13.0. The molecule has 3 amide bonds. The molecule has 0 fully saturated rings. The normalized spacial score (nSPS) is 12.3. The Labute approximate surface area is 218 Å². The van der Waals surface area contributed by atoms with Crippen molar-refractivity contribution in [2.24, 2.45) is 0 Å². The van der Waals surface area contributed by atoms with Crippen LogP contribution >= 0.6 is 11.6 Å². The van der Waals surface area contributed by atoms with Crippen molar-refractivity contribution in [3.05, 3.63) is 118 Å². The van der Waals surface area contributed by atoms with Gasteiger partial charge >= 0.3 is 0 Å². The van der Waals surface area contributed by atoms with E-state index in [1.54, 1.807) is 78.9 Å². The Bertz CT molecular complexity index is 1480. The number of carbonyl (C=O) groups is 3. The molecule has 1 heterocycles. The third kappa shape index (κ3) is 4.90. The lowest BCUT2D eigenvalue weighted by Crippen LogP contribution is -2.29. The van der Waals surface area contributed by atoms with E-state index in [4.69, 9.17) is 21.1 Å². The van der Waals surface area contributed by atoms with Crippen LogP contribution in [0.1, 0.15) is 36.6 Å². The molecule has 0 unspecified atom stereocenters. The highest BCUT2D eigenvalue weighted by atomic mass is 35.5. The average molecular weight is 513 g/mol. The number of imide groups is 1. The Balaban J connectivity index is 1.30. The van der Waals surface area contributed by atoms with Crippen LogP contribution in [0.3, 0.4) is 0 Å². The minimum atomic E-state index is -0.400. The van der Waals surface area contributed by atoms with Crippen LogP contribution < -0.4 is 19.7 Å². The number of halogens is 1. The molecular formula is C29H21ClN2O5. The first-order valence-electron chi connectivity index (χ1n) is 11.4. The Kier molecular flexibility index (Phi) is 6.62. The number of ether oxygens (including phenoxy) is 2. The van der Waals surface area contributed by atoms with Crippen molar-refractivity contribution in [1.82, 2.24) is 0 Å². The summed E-state index contributed by atoms with van der Waals surface area (Å²) in [4.78, 5) is 39.7. The molecule has 0 aromatic heterocycles. The van der Waals surface area contributed by atoms with E-state index < -0.39 is 11.8 Å². The number of fused-ring (bicyclic) bond motifs is 1. The van der Waals surface area contributed by atoms with Crippen LogP contribution in [0.25, 0.3) is 0 Å². The predicted octanol–water partition coefficient (Wildman–Crippen LogP) is 5.98. The fourth-order valence-electron chi connectivity index (χ4n) is 4.02. The minimum Gasteiger partial charge on any atom is -0.493 e. The van der Waals surface area contributed by atoms with E-state index >= 15 is 0 Å². The Morgan fingerprint density at radius 1 is 0.838 bits per heavy atom. The quantitative estimate of drug-likeness (QED) is 0.308. The van der Waals surface area contributed by atoms with E-state index in [2.05, 4.69) is 5.32 Å². The molecule has 7 nitrogen and oxygen atoms in total. The molecule has 4 aromatic rings. The second kappa shape index (κ2) is 10.2. The van der Waals surface area contributed by atoms with Crippen molar-refractivity contribution in [3.8, 4) is 11.5 Å². The van der Waals surface area contributed by atoms with Gasteiger partial charge in [0.15, 0.2) is 11.5 Å². The molecule has 0 bridgehead atoms. The Morgan fingerprint density at radius 3 is 2.22 bits per heavy atom. The van der Waals surface area contributed by atoms with Crippen molar-refractivity contribution in [2.45, 2.75) is 6.61 Å². The first kappa shape index (κ1) is 24.1. The lowest BCUT2D eigenvalue weighted by molar-refractivity contribution is 0.0925. The number of anilines is 2. The third-order valence-corrected chi connectivity index (χ3v) is 6.14. The molecule has 0 radical (unpaired) electrons. The number of rotatable bonds is 7. The second-order valence-corrected chi connectivity index (χ2v) is 8.71. The number of amides is 3. The summed E-state index contributed by atoms with van der Waals surface area (Å²) in [5, 5.41) is 3.45. The van der Waals surface area contributed by atoms with Crippen molar-refractivity contribution in [1.29, 1.82) is 0 Å². The predicted molar refractivity (Wildman–Crippen MR) is 141 cm³/mol. The zero-order valence-corrected chi connectivity index (χ0v) is 20.5. The first-order chi connectivity index (χ1) is 17.9. The minimum absolute atomic E-state index is 0.309. The molecule has 184 valence electrons. The monoisotopic (exact) mass is 512 g/mol. The zero-order valence-electron chi connectivity index (χ0n) is 19.7. The Hall–Kier alpha value is -4.62. The molecule has 0 atom stereocenters. The molecule has 1 N–H and O–H groups in total. The van der Waals surface area contributed by atoms with Crippen LogP contribution in [-0.2, 0) is 6.61 Å². The van der Waals surface area contributed by atoms with Gasteiger partial charge in [0.1, 0.15) is 6.61 Å². The smallest absolute Gasteiger partial charge is 0.266 e. The number of hydrogen-bond donors (Lipinski definition) is 1. The first-order valence-corrected chi connectivity index (χ1v) is 11.8. The molecule has 1 aliphatic heterocycles. The summed E-state index contributed by atoms with van der Waals surface area (Å²) in [5.74, 6) is -0.295. The van der Waals surface area contributed by atoms with Crippen LogP contribution in [0.4, 0.5) is 11.4 Å². The highest BCUT2D eigenvalue weighted by molar-refractivity contribution is 6.34. The number of benzene rings is 4. The molecular weight excluding hydrogens is 492 g/mol. The average Bonchev–Trinajstić information content (AvgIpc) is 3.18. The second-order valence-electron chi connectivity index (χ2n) is 8.28. The standard InChI is InChI=1S/C29H21ClN2O5/c1-36-26-15-19(11-14-25(26)37-17-18-9-12-20(30)13-10-18)27(33)31-21-5-4-6-22(16-21)32-28(34)23-7-2-3-8-24(23)29(32)35/h2-16H,17H2,1H3,(H,31,33). The van der Waals surface area contributed by atoms with Gasteiger partial charge in [-0.1, -0.05) is 41.9 Å². The van der Waals surface area contributed by atoms with Gasteiger partial charge < -0.3 is 14.8 Å². The van der Waals surface area contributed by atoms with E-state index in [-0.39, 0.29) is 5.91 Å². The van der Waals surface area contributed by atoms with Crippen molar-refractivity contribution >= 4 is 40.7 Å². The number of nitrogens with one attached hydrogen (secondary N) is 1. The zero-order chi connectivity index (χ0) is 25.9. The summed E-state index contributed by atoms with van der Waals surface area (Å²) in [6.07, 6.45) is 0. The van der Waals surface area contributed by atoms with Gasteiger partial charge in [-0.05, 0) is 66.2 Å². The largest absolute Gasteiger partial charge is 0.493 e. The number of methoxy groups -OCH3 is 1. The summed E-state index contributed by atoms with van der Waals surface area (Å²) in [6.45, 7) is 0.309. The van der Waals surface area contributed by atoms with Crippen LogP contribution in [0.5, 0.6) is 11.5 Å². The van der Waals surface area contributed by atoms with Gasteiger partial charge in [0, 0.05) is 16.3 Å². The summed E-state index contributed by atoms with van der Waals surface area (Å²) in [5.41, 5.74) is 2.79. The van der Waals surface area contributed by atoms with Crippen LogP contribution in [0.2, 0.25) is 5.02 Å². The van der Waals surface area contributed by atoms with E-state index in [1.165, 1.54) is 7.11 Å². The van der Waals surface area contributed by atoms with Gasteiger partial charge in [0.05, 0.1) is 23.9 Å². The molecule has 5 rings (SSSR count). The summed E-state index contributed by atoms with van der Waals surface area (Å²) >= 11 is 5.92. The molecule has 0 spiro atoms. The molecule has 8 heteroatoms. The molecule has 1 aliphatic rings. The van der Waals surface area contributed by atoms with Crippen molar-refractivity contribution in [3.63, 3.8) is 0 Å². The highest BCUT2D eigenvalue weighted by Crippen LogP contribution is 2.31. The summed E-state index contributed by atoms with van der Waals surface area (Å²) in [6, 6.07) is 25.4. The lowest BCUT2D eigenvalue weighted by Gasteiger charge is -2.16. The number of hydrogen-bond acceptors (Lipinski definition) is 5. The summed E-state index contributed by atoms with van der Waals surface area (Å²) in [7, 11) is 1.50. The maximum Gasteiger partial charge on any atom is 0.266 e. The Morgan fingerprint density at radius 2 is 1.54 bits per heavy atom. The van der Waals surface area contributed by atoms with Crippen LogP contribution in [-0.4, -0.2) is 24.8 Å². The lowest BCUT2D eigenvalue weighted by atomic mass is 10.1. The van der Waals surface area contributed by atoms with Crippen molar-refractivity contribution in [2.75, 3.05) is 17.3 Å². The fourth-order valence-corrected chi connectivity index (χ4v) is 4.15. The number of carbonyl (C=O) groups excluding carboxylic acids is 3. The van der Waals surface area contributed by atoms with Crippen LogP contribution in [0.15, 0.2) is 91.0 Å². The van der Waals surface area contributed by atoms with Crippen LogP contribution in [0, 0.1) is 0 Å². The van der Waals surface area contributed by atoms with E-state index in [1.807, 2.05) is 12.1 Å². The highest BCUT2D eigenvalue weighted by Gasteiger charge is 2.36. The van der Waals surface area contributed by atoms with Gasteiger partial charge in [-0.2, -0.15) is 0 Å². The topological polar surface area (TPSA) is 84.9 Å². The summed E-state index contributed by atoms with van der Waals surface area (Å²) < 4.78 is 11.3. The molecule has 0 aliphatic carbocycles. The molecule has 4 aromatic carbocycles. The van der Waals surface area contributed by atoms with E-state index in [9.17, 15) is 14.4 Å². The molecule has 0 saturated carbocycles. The van der Waals surface area contributed by atoms with Crippen molar-refractivity contribution < 1.29 is 23.9 Å². The van der Waals surface area contributed by atoms with E-state index in [0.717, 1.165) is 10.5 Å². The molecule has 37 heavy (non-hydrogen) atoms. The van der Waals surface area contributed by atoms with Gasteiger partial charge in [-0.25, -0.2) is 4.90 Å². The van der Waals surface area contributed by atoms with Gasteiger partial charge in [0.25, 0.3) is 17.7 Å². The van der Waals surface area contributed by atoms with Gasteiger partial charge in [0.2, 0.25) is 0 Å². The number of nitrogens with zero attached hydrogens (tertiary/aromatic N) is 1.